The number of phosphoric acid groups is 1. The Morgan fingerprint density at radius 3 is 1.27 bits per heavy atom. The summed E-state index contributed by atoms with van der Waals surface area (Å²) in [5.74, 6) is -0.975. The zero-order valence-electron chi connectivity index (χ0n) is 26.5. The van der Waals surface area contributed by atoms with Gasteiger partial charge in [-0.15, -0.1) is 0 Å². The number of hydrogen-bond acceptors (Lipinski definition) is 6. The summed E-state index contributed by atoms with van der Waals surface area (Å²) in [6, 6.07) is 0. The summed E-state index contributed by atoms with van der Waals surface area (Å²) >= 11 is 0. The molecule has 0 saturated heterocycles. The molecule has 1 atom stereocenters. The van der Waals surface area contributed by atoms with Gasteiger partial charge in [-0.05, 0) is 6.42 Å². The van der Waals surface area contributed by atoms with Crippen LogP contribution in [-0.2, 0) is 28.2 Å². The van der Waals surface area contributed by atoms with Gasteiger partial charge in [0.1, 0.15) is 6.61 Å². The molecular formula is C32H63O8P. The third-order valence-corrected chi connectivity index (χ3v) is 7.92. The summed E-state index contributed by atoms with van der Waals surface area (Å²) in [6.07, 6.45) is 29.5. The summed E-state index contributed by atoms with van der Waals surface area (Å²) in [5.41, 5.74) is 0. The highest BCUT2D eigenvalue weighted by Gasteiger charge is 2.22. The monoisotopic (exact) mass is 606 g/mol. The van der Waals surface area contributed by atoms with Crippen LogP contribution in [0, 0.1) is 0 Å². The molecule has 0 radical (unpaired) electrons. The minimum absolute atomic E-state index is 0.152. The molecule has 0 aliphatic rings. The van der Waals surface area contributed by atoms with Crippen molar-refractivity contribution in [2.75, 3.05) is 13.2 Å². The number of esters is 2. The van der Waals surface area contributed by atoms with Crippen molar-refractivity contribution in [1.29, 1.82) is 0 Å². The van der Waals surface area contributed by atoms with E-state index < -0.39 is 32.5 Å². The van der Waals surface area contributed by atoms with E-state index in [0.29, 0.717) is 6.42 Å². The minimum atomic E-state index is -4.71. The standard InChI is InChI=1S/C32H63O8P/c1-3-5-6-7-8-9-10-11-12-13-14-15-16-17-18-19-20-21-22-23-24-25-26-27-32(34)40-30(28-38-31(33)4-2)29-39-41(35,36)37/h30H,3-29H2,1-2H3,(H2,35,36,37). The molecular weight excluding hydrogens is 543 g/mol. The van der Waals surface area contributed by atoms with Crippen molar-refractivity contribution < 1.29 is 37.9 Å². The third kappa shape index (κ3) is 31.8. The summed E-state index contributed by atoms with van der Waals surface area (Å²) < 4.78 is 25.5. The number of ether oxygens (including phenoxy) is 2. The highest BCUT2D eigenvalue weighted by Crippen LogP contribution is 2.35. The van der Waals surface area contributed by atoms with Gasteiger partial charge in [0.15, 0.2) is 6.10 Å². The Bertz CT molecular complexity index is 652. The Morgan fingerprint density at radius 2 is 0.927 bits per heavy atom. The molecule has 41 heavy (non-hydrogen) atoms. The first kappa shape index (κ1) is 40.1. The van der Waals surface area contributed by atoms with Crippen LogP contribution >= 0.6 is 7.82 Å². The molecule has 0 bridgehead atoms. The SMILES string of the molecule is CCCCCCCCCCCCCCCCCCCCCCCCCC(=O)OC(COC(=O)CC)COP(=O)(O)O. The third-order valence-electron chi connectivity index (χ3n) is 7.43. The molecule has 0 spiro atoms. The predicted molar refractivity (Wildman–Crippen MR) is 166 cm³/mol. The van der Waals surface area contributed by atoms with Gasteiger partial charge < -0.3 is 19.3 Å². The van der Waals surface area contributed by atoms with Crippen LogP contribution in [0.5, 0.6) is 0 Å². The van der Waals surface area contributed by atoms with E-state index in [0.717, 1.165) is 12.8 Å². The van der Waals surface area contributed by atoms with Gasteiger partial charge in [0, 0.05) is 12.8 Å². The summed E-state index contributed by atoms with van der Waals surface area (Å²) in [4.78, 5) is 41.2. The van der Waals surface area contributed by atoms with E-state index in [2.05, 4.69) is 11.4 Å². The molecule has 0 saturated carbocycles. The first-order valence-electron chi connectivity index (χ1n) is 16.8. The minimum Gasteiger partial charge on any atom is -0.462 e. The maximum Gasteiger partial charge on any atom is 0.469 e. The lowest BCUT2D eigenvalue weighted by Gasteiger charge is -2.18. The van der Waals surface area contributed by atoms with E-state index in [1.54, 1.807) is 6.92 Å². The van der Waals surface area contributed by atoms with Crippen molar-refractivity contribution in [3.05, 3.63) is 0 Å². The van der Waals surface area contributed by atoms with Crippen molar-refractivity contribution >= 4 is 19.8 Å². The molecule has 0 fully saturated rings. The highest BCUT2D eigenvalue weighted by atomic mass is 31.2. The van der Waals surface area contributed by atoms with Crippen molar-refractivity contribution in [2.24, 2.45) is 0 Å². The van der Waals surface area contributed by atoms with Crippen LogP contribution in [0.3, 0.4) is 0 Å². The van der Waals surface area contributed by atoms with Gasteiger partial charge in [0.25, 0.3) is 0 Å². The van der Waals surface area contributed by atoms with Gasteiger partial charge in [0.05, 0.1) is 6.61 Å². The molecule has 0 amide bonds. The topological polar surface area (TPSA) is 119 Å². The summed E-state index contributed by atoms with van der Waals surface area (Å²) in [5, 5.41) is 0. The van der Waals surface area contributed by atoms with Crippen LogP contribution in [0.15, 0.2) is 0 Å². The van der Waals surface area contributed by atoms with Gasteiger partial charge in [-0.1, -0.05) is 155 Å². The lowest BCUT2D eigenvalue weighted by atomic mass is 10.0. The van der Waals surface area contributed by atoms with E-state index in [9.17, 15) is 14.2 Å². The van der Waals surface area contributed by atoms with Crippen LogP contribution < -0.4 is 0 Å². The first-order chi connectivity index (χ1) is 19.8. The Morgan fingerprint density at radius 1 is 0.561 bits per heavy atom. The zero-order valence-corrected chi connectivity index (χ0v) is 27.4. The highest BCUT2D eigenvalue weighted by molar-refractivity contribution is 7.46. The Labute approximate surface area is 251 Å². The second-order valence-corrected chi connectivity index (χ2v) is 12.7. The number of carbonyl (C=O) groups excluding carboxylic acids is 2. The number of carbonyl (C=O) groups is 2. The molecule has 0 aromatic heterocycles. The molecule has 0 aliphatic heterocycles. The molecule has 0 aliphatic carbocycles. The maximum atomic E-state index is 12.1. The Hall–Kier alpha value is -0.950. The summed E-state index contributed by atoms with van der Waals surface area (Å²) in [7, 11) is -4.71. The van der Waals surface area contributed by atoms with Crippen molar-refractivity contribution in [2.45, 2.75) is 180 Å². The van der Waals surface area contributed by atoms with E-state index in [-0.39, 0.29) is 19.4 Å². The zero-order chi connectivity index (χ0) is 30.4. The van der Waals surface area contributed by atoms with Gasteiger partial charge in [-0.2, -0.15) is 0 Å². The van der Waals surface area contributed by atoms with E-state index >= 15 is 0 Å². The van der Waals surface area contributed by atoms with Gasteiger partial charge in [-0.25, -0.2) is 4.57 Å². The average molecular weight is 607 g/mol. The second-order valence-electron chi connectivity index (χ2n) is 11.5. The fraction of sp³-hybridized carbons (Fsp3) is 0.938. The van der Waals surface area contributed by atoms with Crippen molar-refractivity contribution in [3.63, 3.8) is 0 Å². The van der Waals surface area contributed by atoms with Crippen LogP contribution in [0.4, 0.5) is 0 Å². The molecule has 1 unspecified atom stereocenters. The lowest BCUT2D eigenvalue weighted by molar-refractivity contribution is -0.161. The largest absolute Gasteiger partial charge is 0.469 e. The van der Waals surface area contributed by atoms with Gasteiger partial charge in [-0.3, -0.25) is 14.1 Å². The van der Waals surface area contributed by atoms with Crippen molar-refractivity contribution in [1.82, 2.24) is 0 Å². The van der Waals surface area contributed by atoms with E-state index in [1.807, 2.05) is 0 Å². The van der Waals surface area contributed by atoms with Gasteiger partial charge >= 0.3 is 19.8 Å². The van der Waals surface area contributed by atoms with Crippen LogP contribution in [0.25, 0.3) is 0 Å². The average Bonchev–Trinajstić information content (AvgIpc) is 2.94. The maximum absolute atomic E-state index is 12.1. The van der Waals surface area contributed by atoms with Crippen LogP contribution in [0.1, 0.15) is 174 Å². The van der Waals surface area contributed by atoms with E-state index in [1.165, 1.54) is 128 Å². The predicted octanol–water partition coefficient (Wildman–Crippen LogP) is 9.34. The Balaban J connectivity index is 3.51. The molecule has 0 aromatic rings. The van der Waals surface area contributed by atoms with Gasteiger partial charge in [0.2, 0.25) is 0 Å². The first-order valence-corrected chi connectivity index (χ1v) is 18.4. The molecule has 8 nitrogen and oxygen atoms in total. The second kappa shape index (κ2) is 29.1. The molecule has 0 aromatic carbocycles. The lowest BCUT2D eigenvalue weighted by Crippen LogP contribution is -2.29. The normalized spacial score (nSPS) is 12.4. The Kier molecular flexibility index (Phi) is 28.5. The van der Waals surface area contributed by atoms with Crippen molar-refractivity contribution in [3.8, 4) is 0 Å². The molecule has 0 rings (SSSR count). The molecule has 9 heteroatoms. The number of phosphoric ester groups is 1. The molecule has 0 heterocycles. The van der Waals surface area contributed by atoms with E-state index in [4.69, 9.17) is 19.3 Å². The fourth-order valence-corrected chi connectivity index (χ4v) is 5.24. The smallest absolute Gasteiger partial charge is 0.462 e. The number of rotatable bonds is 31. The molecule has 2 N–H and O–H groups in total. The number of hydrogen-bond donors (Lipinski definition) is 2. The van der Waals surface area contributed by atoms with Crippen LogP contribution in [0.2, 0.25) is 0 Å². The number of unbranched alkanes of at least 4 members (excludes halogenated alkanes) is 22. The fourth-order valence-electron chi connectivity index (χ4n) is 4.88. The quantitative estimate of drug-likeness (QED) is 0.0455. The van der Waals surface area contributed by atoms with Crippen LogP contribution in [-0.4, -0.2) is 41.0 Å². The summed E-state index contributed by atoms with van der Waals surface area (Å²) in [6.45, 7) is 3.07. The molecule has 244 valence electrons.